The van der Waals surface area contributed by atoms with Crippen LogP contribution in [0.2, 0.25) is 0 Å². The van der Waals surface area contributed by atoms with Gasteiger partial charge in [-0.25, -0.2) is 12.7 Å². The van der Waals surface area contributed by atoms with Gasteiger partial charge in [-0.3, -0.25) is 0 Å². The number of rotatable bonds is 10. The van der Waals surface area contributed by atoms with Gasteiger partial charge < -0.3 is 10.2 Å². The van der Waals surface area contributed by atoms with Crippen LogP contribution >= 0.6 is 0 Å². The van der Waals surface area contributed by atoms with Crippen LogP contribution in [0.25, 0.3) is 0 Å². The van der Waals surface area contributed by atoms with Crippen LogP contribution in [0, 0.1) is 5.92 Å². The average molecular weight is 291 g/mol. The highest BCUT2D eigenvalue weighted by Gasteiger charge is 2.25. The Morgan fingerprint density at radius 2 is 1.84 bits per heavy atom. The first-order chi connectivity index (χ1) is 8.81. The minimum absolute atomic E-state index is 0.212. The highest BCUT2D eigenvalue weighted by atomic mass is 32.2. The second-order valence-corrected chi connectivity index (χ2v) is 8.19. The van der Waals surface area contributed by atoms with Crippen molar-refractivity contribution in [3.05, 3.63) is 0 Å². The summed E-state index contributed by atoms with van der Waals surface area (Å²) in [5.41, 5.74) is 0. The highest BCUT2D eigenvalue weighted by Crippen LogP contribution is 2.18. The van der Waals surface area contributed by atoms with Crippen molar-refractivity contribution in [2.24, 2.45) is 5.92 Å². The first-order valence-electron chi connectivity index (χ1n) is 7.17. The fourth-order valence-electron chi connectivity index (χ4n) is 1.87. The Hall–Kier alpha value is -0.170. The van der Waals surface area contributed by atoms with E-state index >= 15 is 0 Å². The van der Waals surface area contributed by atoms with E-state index in [1.165, 1.54) is 12.8 Å². The molecule has 0 spiro atoms. The van der Waals surface area contributed by atoms with E-state index < -0.39 is 10.0 Å². The van der Waals surface area contributed by atoms with E-state index in [0.29, 0.717) is 31.6 Å². The fourth-order valence-corrected chi connectivity index (χ4v) is 3.39. The van der Waals surface area contributed by atoms with Crippen molar-refractivity contribution < 1.29 is 8.42 Å². The summed E-state index contributed by atoms with van der Waals surface area (Å²) in [7, 11) is 0.797. The van der Waals surface area contributed by atoms with Crippen molar-refractivity contribution >= 4 is 10.0 Å². The largest absolute Gasteiger partial charge is 0.313 e. The highest BCUT2D eigenvalue weighted by molar-refractivity contribution is 7.89. The Morgan fingerprint density at radius 3 is 2.32 bits per heavy atom. The molecular formula is C13H29N3O2S. The third-order valence-corrected chi connectivity index (χ3v) is 4.97. The molecule has 19 heavy (non-hydrogen) atoms. The molecule has 0 aromatic rings. The molecule has 0 aromatic carbocycles. The topological polar surface area (TPSA) is 52.7 Å². The van der Waals surface area contributed by atoms with E-state index in [1.54, 1.807) is 4.31 Å². The van der Waals surface area contributed by atoms with Crippen LogP contribution in [0.3, 0.4) is 0 Å². The molecule has 0 saturated heterocycles. The van der Waals surface area contributed by atoms with Gasteiger partial charge in [-0.05, 0) is 32.9 Å². The number of nitrogens with zero attached hydrogens (tertiary/aromatic N) is 2. The molecule has 0 bridgehead atoms. The monoisotopic (exact) mass is 291 g/mol. The van der Waals surface area contributed by atoms with Crippen molar-refractivity contribution in [1.82, 2.24) is 14.5 Å². The van der Waals surface area contributed by atoms with Gasteiger partial charge in [-0.2, -0.15) is 0 Å². The molecule has 1 fully saturated rings. The van der Waals surface area contributed by atoms with Gasteiger partial charge in [0.25, 0.3) is 0 Å². The summed E-state index contributed by atoms with van der Waals surface area (Å²) in [5, 5.41) is 3.27. The number of hydrogen-bond donors (Lipinski definition) is 1. The molecule has 5 nitrogen and oxygen atoms in total. The van der Waals surface area contributed by atoms with E-state index in [0.717, 1.165) is 6.54 Å². The lowest BCUT2D eigenvalue weighted by atomic mass is 10.2. The summed E-state index contributed by atoms with van der Waals surface area (Å²) in [5.74, 6) is 0.567. The molecule has 1 rings (SSSR count). The van der Waals surface area contributed by atoms with E-state index in [-0.39, 0.29) is 5.75 Å². The van der Waals surface area contributed by atoms with Crippen LogP contribution in [0.4, 0.5) is 0 Å². The molecule has 1 aliphatic rings. The Labute approximate surface area is 118 Å². The minimum atomic E-state index is -3.14. The molecule has 1 N–H and O–H groups in total. The van der Waals surface area contributed by atoms with Gasteiger partial charge >= 0.3 is 0 Å². The van der Waals surface area contributed by atoms with Gasteiger partial charge in [0.15, 0.2) is 0 Å². The summed E-state index contributed by atoms with van der Waals surface area (Å²) in [6.07, 6.45) is 2.38. The quantitative estimate of drug-likeness (QED) is 0.640. The third-order valence-electron chi connectivity index (χ3n) is 3.13. The molecule has 0 atom stereocenters. The number of hydrogen-bond acceptors (Lipinski definition) is 4. The fraction of sp³-hybridized carbons (Fsp3) is 1.00. The zero-order valence-corrected chi connectivity index (χ0v) is 13.5. The van der Waals surface area contributed by atoms with Crippen LogP contribution < -0.4 is 5.32 Å². The third kappa shape index (κ3) is 7.25. The van der Waals surface area contributed by atoms with E-state index in [1.807, 2.05) is 19.0 Å². The number of nitrogens with one attached hydrogen (secondary N) is 1. The summed E-state index contributed by atoms with van der Waals surface area (Å²) in [6.45, 7) is 6.64. The lowest BCUT2D eigenvalue weighted by molar-refractivity contribution is 0.312. The predicted octanol–water partition coefficient (Wildman–Crippen LogP) is 0.588. The van der Waals surface area contributed by atoms with Crippen molar-refractivity contribution in [3.63, 3.8) is 0 Å². The molecule has 0 aromatic heterocycles. The molecular weight excluding hydrogens is 262 g/mol. The van der Waals surface area contributed by atoms with E-state index in [4.69, 9.17) is 0 Å². The van der Waals surface area contributed by atoms with Gasteiger partial charge in [0.1, 0.15) is 0 Å². The SMILES string of the molecule is CC(C)CN(CCN(C)C)S(=O)(=O)CCNC1CC1. The molecule has 6 heteroatoms. The number of sulfonamides is 1. The maximum atomic E-state index is 12.3. The Balaban J connectivity index is 2.47. The summed E-state index contributed by atoms with van der Waals surface area (Å²) in [4.78, 5) is 2.02. The molecule has 114 valence electrons. The van der Waals surface area contributed by atoms with Gasteiger partial charge in [-0.1, -0.05) is 13.8 Å². The smallest absolute Gasteiger partial charge is 0.215 e. The van der Waals surface area contributed by atoms with Gasteiger partial charge in [0.2, 0.25) is 10.0 Å². The minimum Gasteiger partial charge on any atom is -0.313 e. The van der Waals surface area contributed by atoms with Gasteiger partial charge in [0, 0.05) is 32.2 Å². The first kappa shape index (κ1) is 16.9. The molecule has 0 heterocycles. The molecule has 1 aliphatic carbocycles. The first-order valence-corrected chi connectivity index (χ1v) is 8.78. The second-order valence-electron chi connectivity index (χ2n) is 6.10. The van der Waals surface area contributed by atoms with Crippen LogP contribution in [0.5, 0.6) is 0 Å². The molecule has 0 amide bonds. The van der Waals surface area contributed by atoms with Crippen molar-refractivity contribution in [3.8, 4) is 0 Å². The van der Waals surface area contributed by atoms with Crippen LogP contribution in [-0.4, -0.2) is 69.7 Å². The maximum Gasteiger partial charge on any atom is 0.215 e. The molecule has 1 saturated carbocycles. The van der Waals surface area contributed by atoms with Gasteiger partial charge in [-0.15, -0.1) is 0 Å². The average Bonchev–Trinajstić information content (AvgIpc) is 3.07. The summed E-state index contributed by atoms with van der Waals surface area (Å²) < 4.78 is 26.3. The lowest BCUT2D eigenvalue weighted by Gasteiger charge is -2.25. The molecule has 0 radical (unpaired) electrons. The summed E-state index contributed by atoms with van der Waals surface area (Å²) in [6, 6.07) is 0.565. The lowest BCUT2D eigenvalue weighted by Crippen LogP contribution is -2.42. The predicted molar refractivity (Wildman–Crippen MR) is 79.8 cm³/mol. The maximum absolute atomic E-state index is 12.3. The standard InChI is InChI=1S/C13H29N3O2S/c1-12(2)11-16(9-8-15(3)4)19(17,18)10-7-14-13-5-6-13/h12-14H,5-11H2,1-4H3. The van der Waals surface area contributed by atoms with Crippen molar-refractivity contribution in [1.29, 1.82) is 0 Å². The van der Waals surface area contributed by atoms with E-state index in [9.17, 15) is 8.42 Å². The zero-order valence-electron chi connectivity index (χ0n) is 12.7. The second kappa shape index (κ2) is 7.57. The Kier molecular flexibility index (Phi) is 6.73. The zero-order chi connectivity index (χ0) is 14.5. The molecule has 0 aliphatic heterocycles. The molecule has 0 unspecified atom stereocenters. The number of likely N-dealkylation sites (N-methyl/N-ethyl adjacent to an activating group) is 1. The Morgan fingerprint density at radius 1 is 1.21 bits per heavy atom. The Bertz CT molecular complexity index is 351. The summed E-state index contributed by atoms with van der Waals surface area (Å²) >= 11 is 0. The van der Waals surface area contributed by atoms with Crippen LogP contribution in [0.1, 0.15) is 26.7 Å². The van der Waals surface area contributed by atoms with E-state index in [2.05, 4.69) is 19.2 Å². The normalized spacial score (nSPS) is 16.8. The van der Waals surface area contributed by atoms with Crippen molar-refractivity contribution in [2.75, 3.05) is 46.0 Å². The van der Waals surface area contributed by atoms with Crippen LogP contribution in [0.15, 0.2) is 0 Å². The van der Waals surface area contributed by atoms with Crippen LogP contribution in [-0.2, 0) is 10.0 Å². The van der Waals surface area contributed by atoms with Gasteiger partial charge in [0.05, 0.1) is 5.75 Å². The van der Waals surface area contributed by atoms with Crippen molar-refractivity contribution in [2.45, 2.75) is 32.7 Å².